The molecule has 0 fully saturated rings. The van der Waals surface area contributed by atoms with Crippen molar-refractivity contribution in [3.05, 3.63) is 92.9 Å². The number of rotatable bonds is 6. The summed E-state index contributed by atoms with van der Waals surface area (Å²) in [5.74, 6) is -0.0453. The average molecular weight is 503 g/mol. The van der Waals surface area contributed by atoms with Gasteiger partial charge in [-0.05, 0) is 49.8 Å². The number of carbonyl (C=O) groups is 1. The Morgan fingerprint density at radius 1 is 1.00 bits per heavy atom. The highest BCUT2D eigenvalue weighted by molar-refractivity contribution is 9.10. The molecule has 0 aliphatic heterocycles. The second kappa shape index (κ2) is 9.40. The van der Waals surface area contributed by atoms with Crippen molar-refractivity contribution < 1.29 is 19.7 Å². The third kappa shape index (κ3) is 4.48. The van der Waals surface area contributed by atoms with E-state index in [1.807, 2.05) is 36.4 Å². The monoisotopic (exact) mass is 501 g/mol. The van der Waals surface area contributed by atoms with Gasteiger partial charge in [0.25, 0.3) is 0 Å². The van der Waals surface area contributed by atoms with Crippen molar-refractivity contribution in [2.24, 2.45) is 0 Å². The molecule has 5 nitrogen and oxygen atoms in total. The minimum absolute atomic E-state index is 0.0453. The van der Waals surface area contributed by atoms with Crippen LogP contribution in [0.2, 0.25) is 5.02 Å². The first-order valence-corrected chi connectivity index (χ1v) is 11.0. The quantitative estimate of drug-likeness (QED) is 0.441. The molecule has 2 unspecified atom stereocenters. The summed E-state index contributed by atoms with van der Waals surface area (Å²) in [6.07, 6.45) is -3.10. The van der Waals surface area contributed by atoms with Crippen molar-refractivity contribution in [2.75, 3.05) is 13.2 Å². The van der Waals surface area contributed by atoms with Gasteiger partial charge in [-0.2, -0.15) is 0 Å². The van der Waals surface area contributed by atoms with Gasteiger partial charge in [0.05, 0.1) is 5.02 Å². The molecule has 3 aromatic carbocycles. The van der Waals surface area contributed by atoms with Gasteiger partial charge in [0.2, 0.25) is 0 Å². The van der Waals surface area contributed by atoms with E-state index in [-0.39, 0.29) is 19.1 Å². The number of benzene rings is 3. The number of alkyl carbamates (subject to hydrolysis) is 1. The predicted octanol–water partition coefficient (Wildman–Crippen LogP) is 5.04. The number of aliphatic hydroxyl groups excluding tert-OH is 2. The van der Waals surface area contributed by atoms with E-state index < -0.39 is 18.3 Å². The highest BCUT2D eigenvalue weighted by Crippen LogP contribution is 2.44. The zero-order chi connectivity index (χ0) is 22.0. The fraction of sp³-hybridized carbons (Fsp3) is 0.208. The number of hydrogen-bond acceptors (Lipinski definition) is 4. The molecule has 0 radical (unpaired) electrons. The summed E-state index contributed by atoms with van der Waals surface area (Å²) >= 11 is 9.34. The molecule has 0 aromatic heterocycles. The van der Waals surface area contributed by atoms with Gasteiger partial charge in [-0.15, -0.1) is 0 Å². The van der Waals surface area contributed by atoms with Crippen LogP contribution in [-0.4, -0.2) is 35.6 Å². The maximum absolute atomic E-state index is 12.3. The SMILES string of the molecule is O=C(NCC(O)C(O)c1cccc(Cl)c1Br)OCC1c2ccccc2-c2ccccc21. The van der Waals surface area contributed by atoms with E-state index in [0.717, 1.165) is 22.3 Å². The number of aliphatic hydroxyl groups is 2. The van der Waals surface area contributed by atoms with Crippen LogP contribution in [0.15, 0.2) is 71.2 Å². The Bertz CT molecular complexity index is 1060. The minimum atomic E-state index is -1.23. The molecule has 0 saturated heterocycles. The molecule has 0 bridgehead atoms. The first-order valence-electron chi connectivity index (χ1n) is 9.86. The van der Waals surface area contributed by atoms with Gasteiger partial charge in [0.15, 0.2) is 0 Å². The van der Waals surface area contributed by atoms with Crippen molar-refractivity contribution in [1.29, 1.82) is 0 Å². The summed E-state index contributed by atoms with van der Waals surface area (Å²) < 4.78 is 5.95. The first-order chi connectivity index (χ1) is 15.0. The van der Waals surface area contributed by atoms with Crippen molar-refractivity contribution in [3.63, 3.8) is 0 Å². The Labute approximate surface area is 193 Å². The lowest BCUT2D eigenvalue weighted by Gasteiger charge is -2.20. The zero-order valence-corrected chi connectivity index (χ0v) is 18.8. The average Bonchev–Trinajstić information content (AvgIpc) is 3.11. The Morgan fingerprint density at radius 2 is 1.61 bits per heavy atom. The molecule has 0 heterocycles. The summed E-state index contributed by atoms with van der Waals surface area (Å²) in [5, 5.41) is 23.6. The summed E-state index contributed by atoms with van der Waals surface area (Å²) in [6.45, 7) is 0.00907. The molecule has 1 aliphatic carbocycles. The molecule has 1 aliphatic rings. The third-order valence-corrected chi connectivity index (χ3v) is 6.89. The molecule has 2 atom stereocenters. The summed E-state index contributed by atoms with van der Waals surface area (Å²) in [4.78, 5) is 12.3. The Morgan fingerprint density at radius 3 is 2.26 bits per heavy atom. The molecule has 7 heteroatoms. The molecular weight excluding hydrogens is 482 g/mol. The molecule has 0 saturated carbocycles. The number of carbonyl (C=O) groups excluding carboxylic acids is 1. The van der Waals surface area contributed by atoms with Crippen molar-refractivity contribution in [1.82, 2.24) is 5.32 Å². The van der Waals surface area contributed by atoms with Crippen LogP contribution in [0.25, 0.3) is 11.1 Å². The first kappa shape index (κ1) is 21.8. The van der Waals surface area contributed by atoms with Crippen molar-refractivity contribution in [2.45, 2.75) is 18.1 Å². The van der Waals surface area contributed by atoms with Gasteiger partial charge in [-0.1, -0.05) is 72.3 Å². The molecule has 160 valence electrons. The molecule has 31 heavy (non-hydrogen) atoms. The minimum Gasteiger partial charge on any atom is -0.449 e. The predicted molar refractivity (Wildman–Crippen MR) is 123 cm³/mol. The second-order valence-electron chi connectivity index (χ2n) is 7.36. The Balaban J connectivity index is 1.35. The lowest BCUT2D eigenvalue weighted by Crippen LogP contribution is -2.36. The standard InChI is InChI=1S/C24H21BrClNO4/c25-22-18(10-5-11-20(22)26)23(29)21(28)12-27-24(30)31-13-19-16-8-3-1-6-14(16)15-7-2-4-9-17(15)19/h1-11,19,21,23,28-29H,12-13H2,(H,27,30). The van der Waals surface area contributed by atoms with Crippen LogP contribution < -0.4 is 5.32 Å². The zero-order valence-electron chi connectivity index (χ0n) is 16.5. The summed E-state index contributed by atoms with van der Waals surface area (Å²) in [6, 6.07) is 21.2. The van der Waals surface area contributed by atoms with Gasteiger partial charge in [0, 0.05) is 16.9 Å². The second-order valence-corrected chi connectivity index (χ2v) is 8.56. The highest BCUT2D eigenvalue weighted by Gasteiger charge is 2.29. The maximum Gasteiger partial charge on any atom is 0.407 e. The number of fused-ring (bicyclic) bond motifs is 3. The number of halogens is 2. The smallest absolute Gasteiger partial charge is 0.407 e. The van der Waals surface area contributed by atoms with Crippen LogP contribution in [0.5, 0.6) is 0 Å². The van der Waals surface area contributed by atoms with Crippen LogP contribution in [0.4, 0.5) is 4.79 Å². The number of ether oxygens (including phenoxy) is 1. The lowest BCUT2D eigenvalue weighted by atomic mass is 9.98. The van der Waals surface area contributed by atoms with Crippen LogP contribution >= 0.6 is 27.5 Å². The fourth-order valence-corrected chi connectivity index (χ4v) is 4.59. The van der Waals surface area contributed by atoms with E-state index in [1.54, 1.807) is 18.2 Å². The third-order valence-electron chi connectivity index (χ3n) is 5.46. The van der Waals surface area contributed by atoms with Crippen LogP contribution in [0.3, 0.4) is 0 Å². The fourth-order valence-electron chi connectivity index (χ4n) is 3.91. The van der Waals surface area contributed by atoms with Crippen molar-refractivity contribution >= 4 is 33.6 Å². The summed E-state index contributed by atoms with van der Waals surface area (Å²) in [5.41, 5.74) is 4.99. The number of nitrogens with one attached hydrogen (secondary N) is 1. The van der Waals surface area contributed by atoms with Gasteiger partial charge in [0.1, 0.15) is 18.8 Å². The normalized spacial score (nSPS) is 14.5. The van der Waals surface area contributed by atoms with Crippen LogP contribution in [0, 0.1) is 0 Å². The highest BCUT2D eigenvalue weighted by atomic mass is 79.9. The van der Waals surface area contributed by atoms with Gasteiger partial charge in [-0.25, -0.2) is 4.79 Å². The van der Waals surface area contributed by atoms with E-state index >= 15 is 0 Å². The molecule has 4 rings (SSSR count). The van der Waals surface area contributed by atoms with E-state index in [2.05, 4.69) is 33.4 Å². The van der Waals surface area contributed by atoms with E-state index in [4.69, 9.17) is 16.3 Å². The molecular formula is C24H21BrClNO4. The van der Waals surface area contributed by atoms with Crippen LogP contribution in [0.1, 0.15) is 28.7 Å². The Hall–Kier alpha value is -2.38. The van der Waals surface area contributed by atoms with E-state index in [1.165, 1.54) is 0 Å². The van der Waals surface area contributed by atoms with E-state index in [0.29, 0.717) is 15.1 Å². The molecule has 1 amide bonds. The van der Waals surface area contributed by atoms with E-state index in [9.17, 15) is 15.0 Å². The Kier molecular flexibility index (Phi) is 6.62. The molecule has 0 spiro atoms. The van der Waals surface area contributed by atoms with Gasteiger partial charge in [-0.3, -0.25) is 0 Å². The van der Waals surface area contributed by atoms with Crippen LogP contribution in [-0.2, 0) is 4.74 Å². The van der Waals surface area contributed by atoms with Crippen molar-refractivity contribution in [3.8, 4) is 11.1 Å². The van der Waals surface area contributed by atoms with Gasteiger partial charge < -0.3 is 20.3 Å². The summed E-state index contributed by atoms with van der Waals surface area (Å²) in [7, 11) is 0. The largest absolute Gasteiger partial charge is 0.449 e. The number of hydrogen-bond donors (Lipinski definition) is 3. The topological polar surface area (TPSA) is 78.8 Å². The molecule has 3 aromatic rings. The van der Waals surface area contributed by atoms with Gasteiger partial charge >= 0.3 is 6.09 Å². The lowest BCUT2D eigenvalue weighted by molar-refractivity contribution is 0.0181. The molecule has 3 N–H and O–H groups in total. The number of amides is 1. The maximum atomic E-state index is 12.3.